The van der Waals surface area contributed by atoms with Crippen LogP contribution in [0.5, 0.6) is 5.75 Å². The van der Waals surface area contributed by atoms with Crippen LogP contribution in [0.4, 0.5) is 0 Å². The Morgan fingerprint density at radius 1 is 1.25 bits per heavy atom. The number of likely N-dealkylation sites (tertiary alicyclic amines) is 1. The highest BCUT2D eigenvalue weighted by Gasteiger charge is 2.25. The van der Waals surface area contributed by atoms with Gasteiger partial charge in [0.15, 0.2) is 0 Å². The number of carbonyl (C=O) groups excluding carboxylic acids is 1. The quantitative estimate of drug-likeness (QED) is 0.784. The summed E-state index contributed by atoms with van der Waals surface area (Å²) in [6.07, 6.45) is 2.17. The van der Waals surface area contributed by atoms with Gasteiger partial charge in [-0.05, 0) is 52.9 Å². The van der Waals surface area contributed by atoms with Gasteiger partial charge in [0.2, 0.25) is 0 Å². The SMILES string of the molecule is COc1ccc(C(=O)N2CCC(CN3CCOCC3)CC2)cc1Br. The lowest BCUT2D eigenvalue weighted by atomic mass is 9.95. The van der Waals surface area contributed by atoms with Crippen LogP contribution < -0.4 is 4.74 Å². The molecule has 0 N–H and O–H groups in total. The number of hydrogen-bond donors (Lipinski definition) is 0. The maximum atomic E-state index is 12.7. The van der Waals surface area contributed by atoms with Crippen LogP contribution in [0.3, 0.4) is 0 Å². The number of methoxy groups -OCH3 is 1. The molecule has 0 atom stereocenters. The molecule has 132 valence electrons. The van der Waals surface area contributed by atoms with E-state index in [1.165, 1.54) is 0 Å². The molecular weight excluding hydrogens is 372 g/mol. The number of amides is 1. The average Bonchev–Trinajstić information content (AvgIpc) is 2.62. The molecule has 24 heavy (non-hydrogen) atoms. The fourth-order valence-corrected chi connectivity index (χ4v) is 3.99. The number of nitrogens with zero attached hydrogens (tertiary/aromatic N) is 2. The van der Waals surface area contributed by atoms with Gasteiger partial charge in [0.25, 0.3) is 5.91 Å². The molecule has 0 unspecified atom stereocenters. The lowest BCUT2D eigenvalue weighted by molar-refractivity contribution is 0.0243. The number of morpholine rings is 1. The van der Waals surface area contributed by atoms with Crippen molar-refractivity contribution < 1.29 is 14.3 Å². The third-order valence-corrected chi connectivity index (χ3v) is 5.54. The first-order valence-corrected chi connectivity index (χ1v) is 9.39. The molecule has 2 fully saturated rings. The van der Waals surface area contributed by atoms with Gasteiger partial charge < -0.3 is 14.4 Å². The Balaban J connectivity index is 1.52. The van der Waals surface area contributed by atoms with Crippen molar-refractivity contribution in [2.45, 2.75) is 12.8 Å². The van der Waals surface area contributed by atoms with Gasteiger partial charge in [-0.3, -0.25) is 9.69 Å². The first-order chi connectivity index (χ1) is 11.7. The van der Waals surface area contributed by atoms with Gasteiger partial charge in [-0.25, -0.2) is 0 Å². The second-order valence-electron chi connectivity index (χ2n) is 6.50. The highest BCUT2D eigenvalue weighted by Crippen LogP contribution is 2.27. The van der Waals surface area contributed by atoms with Crippen LogP contribution in [-0.2, 0) is 4.74 Å². The van der Waals surface area contributed by atoms with Crippen LogP contribution in [0.25, 0.3) is 0 Å². The summed E-state index contributed by atoms with van der Waals surface area (Å²) in [5, 5.41) is 0. The van der Waals surface area contributed by atoms with Crippen LogP contribution in [-0.4, -0.2) is 68.8 Å². The van der Waals surface area contributed by atoms with E-state index in [1.54, 1.807) is 7.11 Å². The molecule has 2 saturated heterocycles. The fourth-order valence-electron chi connectivity index (χ4n) is 3.45. The van der Waals surface area contributed by atoms with Crippen LogP contribution >= 0.6 is 15.9 Å². The summed E-state index contributed by atoms with van der Waals surface area (Å²) >= 11 is 3.45. The van der Waals surface area contributed by atoms with Gasteiger partial charge in [0.1, 0.15) is 5.75 Å². The number of halogens is 1. The molecule has 1 aromatic rings. The second-order valence-corrected chi connectivity index (χ2v) is 7.35. The molecule has 0 aliphatic carbocycles. The Hall–Kier alpha value is -1.11. The first-order valence-electron chi connectivity index (χ1n) is 8.60. The highest BCUT2D eigenvalue weighted by atomic mass is 79.9. The fraction of sp³-hybridized carbons (Fsp3) is 0.611. The average molecular weight is 397 g/mol. The normalized spacial score (nSPS) is 20.2. The van der Waals surface area contributed by atoms with Crippen LogP contribution in [0, 0.1) is 5.92 Å². The van der Waals surface area contributed by atoms with Crippen molar-refractivity contribution in [3.8, 4) is 5.75 Å². The zero-order valence-corrected chi connectivity index (χ0v) is 15.8. The topological polar surface area (TPSA) is 42.0 Å². The molecule has 0 radical (unpaired) electrons. The minimum Gasteiger partial charge on any atom is -0.496 e. The largest absolute Gasteiger partial charge is 0.496 e. The first kappa shape index (κ1) is 17.7. The number of ether oxygens (including phenoxy) is 2. The molecule has 0 saturated carbocycles. The molecule has 1 aromatic carbocycles. The summed E-state index contributed by atoms with van der Waals surface area (Å²) in [6, 6.07) is 5.52. The van der Waals surface area contributed by atoms with E-state index < -0.39 is 0 Å². The van der Waals surface area contributed by atoms with E-state index in [1.807, 2.05) is 23.1 Å². The van der Waals surface area contributed by atoms with E-state index in [9.17, 15) is 4.79 Å². The Labute approximate surface area is 152 Å². The summed E-state index contributed by atoms with van der Waals surface area (Å²) in [4.78, 5) is 17.2. The smallest absolute Gasteiger partial charge is 0.253 e. The molecule has 0 bridgehead atoms. The summed E-state index contributed by atoms with van der Waals surface area (Å²) in [7, 11) is 1.63. The molecule has 0 aromatic heterocycles. The molecule has 6 heteroatoms. The van der Waals surface area contributed by atoms with E-state index in [4.69, 9.17) is 9.47 Å². The highest BCUT2D eigenvalue weighted by molar-refractivity contribution is 9.10. The number of carbonyl (C=O) groups is 1. The third-order valence-electron chi connectivity index (χ3n) is 4.92. The van der Waals surface area contributed by atoms with E-state index in [2.05, 4.69) is 20.8 Å². The molecule has 3 rings (SSSR count). The summed E-state index contributed by atoms with van der Waals surface area (Å²) in [5.41, 5.74) is 0.717. The Bertz CT molecular complexity index is 567. The monoisotopic (exact) mass is 396 g/mol. The Morgan fingerprint density at radius 2 is 1.96 bits per heavy atom. The Kier molecular flexibility index (Phi) is 6.14. The summed E-state index contributed by atoms with van der Waals surface area (Å²) in [5.74, 6) is 1.55. The van der Waals surface area contributed by atoms with E-state index in [-0.39, 0.29) is 5.91 Å². The number of rotatable bonds is 4. The van der Waals surface area contributed by atoms with Gasteiger partial charge in [0.05, 0.1) is 24.8 Å². The molecular formula is C18H25BrN2O3. The molecule has 1 amide bonds. The van der Waals surface area contributed by atoms with Gasteiger partial charge in [-0.15, -0.1) is 0 Å². The van der Waals surface area contributed by atoms with Crippen molar-refractivity contribution in [2.75, 3.05) is 53.0 Å². The molecule has 5 nitrogen and oxygen atoms in total. The van der Waals surface area contributed by atoms with Crippen LogP contribution in [0.1, 0.15) is 23.2 Å². The standard InChI is InChI=1S/C18H25BrN2O3/c1-23-17-3-2-15(12-16(17)19)18(22)21-6-4-14(5-7-21)13-20-8-10-24-11-9-20/h2-3,12,14H,4-11,13H2,1H3. The third kappa shape index (κ3) is 4.29. The van der Waals surface area contributed by atoms with Crippen LogP contribution in [0.15, 0.2) is 22.7 Å². The van der Waals surface area contributed by atoms with Gasteiger partial charge in [-0.1, -0.05) is 0 Å². The second kappa shape index (κ2) is 8.32. The maximum Gasteiger partial charge on any atom is 0.253 e. The minimum atomic E-state index is 0.114. The minimum absolute atomic E-state index is 0.114. The predicted octanol–water partition coefficient (Wildman–Crippen LogP) is 2.64. The van der Waals surface area contributed by atoms with Crippen molar-refractivity contribution >= 4 is 21.8 Å². The Morgan fingerprint density at radius 3 is 2.58 bits per heavy atom. The molecule has 2 aliphatic rings. The lowest BCUT2D eigenvalue weighted by Gasteiger charge is -2.36. The van der Waals surface area contributed by atoms with E-state index in [0.29, 0.717) is 11.5 Å². The molecule has 2 aliphatic heterocycles. The number of hydrogen-bond acceptors (Lipinski definition) is 4. The number of benzene rings is 1. The summed E-state index contributed by atoms with van der Waals surface area (Å²) < 4.78 is 11.4. The van der Waals surface area contributed by atoms with Crippen molar-refractivity contribution in [1.82, 2.24) is 9.80 Å². The molecule has 0 spiro atoms. The van der Waals surface area contributed by atoms with Crippen molar-refractivity contribution in [3.05, 3.63) is 28.2 Å². The van der Waals surface area contributed by atoms with Gasteiger partial charge in [-0.2, -0.15) is 0 Å². The van der Waals surface area contributed by atoms with Crippen molar-refractivity contribution in [2.24, 2.45) is 5.92 Å². The van der Waals surface area contributed by atoms with Crippen molar-refractivity contribution in [3.63, 3.8) is 0 Å². The molecule has 2 heterocycles. The van der Waals surface area contributed by atoms with Gasteiger partial charge in [0, 0.05) is 38.3 Å². The van der Waals surface area contributed by atoms with E-state index in [0.717, 1.165) is 69.0 Å². The van der Waals surface area contributed by atoms with Crippen LogP contribution in [0.2, 0.25) is 0 Å². The maximum absolute atomic E-state index is 12.7. The van der Waals surface area contributed by atoms with Crippen molar-refractivity contribution in [1.29, 1.82) is 0 Å². The zero-order chi connectivity index (χ0) is 16.9. The number of piperidine rings is 1. The van der Waals surface area contributed by atoms with Gasteiger partial charge >= 0.3 is 0 Å². The van der Waals surface area contributed by atoms with E-state index >= 15 is 0 Å². The summed E-state index contributed by atoms with van der Waals surface area (Å²) in [6.45, 7) is 6.61. The zero-order valence-electron chi connectivity index (χ0n) is 14.2. The predicted molar refractivity (Wildman–Crippen MR) is 96.6 cm³/mol. The lowest BCUT2D eigenvalue weighted by Crippen LogP contribution is -2.44.